The maximum Gasteiger partial charge on any atom is 0.238 e. The molecule has 0 bridgehead atoms. The summed E-state index contributed by atoms with van der Waals surface area (Å²) in [6.45, 7) is 0. The Morgan fingerprint density at radius 1 is 0.317 bits per heavy atom. The van der Waals surface area contributed by atoms with Crippen molar-refractivity contribution in [1.82, 2.24) is 24.1 Å². The van der Waals surface area contributed by atoms with E-state index in [-0.39, 0.29) is 0 Å². The minimum absolute atomic E-state index is 0.578. The SMILES string of the molecule is c1ccc(-c2nc(-c3ccccc3)nc(-n3c4cc(-c5cccc6c7ccccc7n(-c7ccccc7)c56)cc5c6ccccc6c6c7ccccc7cc3c6c54)n2)cc1. The van der Waals surface area contributed by atoms with E-state index in [4.69, 9.17) is 15.0 Å². The van der Waals surface area contributed by atoms with Crippen molar-refractivity contribution in [2.24, 2.45) is 0 Å². The van der Waals surface area contributed by atoms with E-state index in [2.05, 4.69) is 173 Å². The van der Waals surface area contributed by atoms with Crippen LogP contribution in [0.2, 0.25) is 0 Å². The van der Waals surface area contributed by atoms with E-state index in [0.717, 1.165) is 39.0 Å². The molecule has 0 amide bonds. The van der Waals surface area contributed by atoms with Gasteiger partial charge < -0.3 is 4.57 Å². The zero-order valence-corrected chi connectivity index (χ0v) is 32.3. The molecule has 278 valence electrons. The van der Waals surface area contributed by atoms with Crippen LogP contribution in [0, 0.1) is 0 Å². The molecule has 60 heavy (non-hydrogen) atoms. The minimum Gasteiger partial charge on any atom is -0.309 e. The van der Waals surface area contributed by atoms with Gasteiger partial charge in [0.2, 0.25) is 5.95 Å². The van der Waals surface area contributed by atoms with Crippen LogP contribution < -0.4 is 0 Å². The number of hydrogen-bond donors (Lipinski definition) is 0. The van der Waals surface area contributed by atoms with Gasteiger partial charge in [0, 0.05) is 49.3 Å². The summed E-state index contributed by atoms with van der Waals surface area (Å²) >= 11 is 0. The van der Waals surface area contributed by atoms with Crippen LogP contribution in [0.3, 0.4) is 0 Å². The summed E-state index contributed by atoms with van der Waals surface area (Å²) in [7, 11) is 0. The van der Waals surface area contributed by atoms with E-state index in [9.17, 15) is 0 Å². The van der Waals surface area contributed by atoms with Crippen molar-refractivity contribution in [3.63, 3.8) is 0 Å². The molecule has 0 radical (unpaired) electrons. The van der Waals surface area contributed by atoms with Gasteiger partial charge in [-0.05, 0) is 68.9 Å². The fraction of sp³-hybridized carbons (Fsp3) is 0. The third-order valence-electron chi connectivity index (χ3n) is 12.3. The van der Waals surface area contributed by atoms with Gasteiger partial charge >= 0.3 is 0 Å². The van der Waals surface area contributed by atoms with Crippen molar-refractivity contribution < 1.29 is 0 Å². The first-order chi connectivity index (χ1) is 29.8. The van der Waals surface area contributed by atoms with Gasteiger partial charge in [0.25, 0.3) is 0 Å². The van der Waals surface area contributed by atoms with E-state index in [1.807, 2.05) is 36.4 Å². The zero-order valence-electron chi connectivity index (χ0n) is 32.3. The number of para-hydroxylation sites is 3. The first-order valence-corrected chi connectivity index (χ1v) is 20.4. The van der Waals surface area contributed by atoms with Gasteiger partial charge in [-0.2, -0.15) is 9.97 Å². The summed E-state index contributed by atoms with van der Waals surface area (Å²) < 4.78 is 4.72. The molecule has 0 aliphatic rings. The van der Waals surface area contributed by atoms with Crippen LogP contribution in [-0.2, 0) is 0 Å². The van der Waals surface area contributed by atoms with Crippen molar-refractivity contribution in [1.29, 1.82) is 0 Å². The van der Waals surface area contributed by atoms with Crippen LogP contribution in [0.5, 0.6) is 0 Å². The van der Waals surface area contributed by atoms with Crippen LogP contribution >= 0.6 is 0 Å². The van der Waals surface area contributed by atoms with Crippen LogP contribution in [0.4, 0.5) is 0 Å². The first kappa shape index (κ1) is 32.9. The first-order valence-electron chi connectivity index (χ1n) is 20.4. The molecule has 5 nitrogen and oxygen atoms in total. The lowest BCUT2D eigenvalue weighted by Crippen LogP contribution is -2.06. The number of hydrogen-bond acceptors (Lipinski definition) is 3. The maximum atomic E-state index is 5.35. The average Bonchev–Trinajstić information content (AvgIpc) is 3.84. The van der Waals surface area contributed by atoms with E-state index < -0.39 is 0 Å². The van der Waals surface area contributed by atoms with E-state index in [1.54, 1.807) is 0 Å². The lowest BCUT2D eigenvalue weighted by atomic mass is 9.89. The molecule has 3 aromatic heterocycles. The predicted octanol–water partition coefficient (Wildman–Crippen LogP) is 14.0. The van der Waals surface area contributed by atoms with E-state index in [0.29, 0.717) is 17.6 Å². The Hall–Kier alpha value is -8.15. The number of benzene rings is 10. The topological polar surface area (TPSA) is 48.5 Å². The second-order valence-corrected chi connectivity index (χ2v) is 15.6. The van der Waals surface area contributed by atoms with Crippen molar-refractivity contribution in [3.8, 4) is 45.5 Å². The molecule has 10 aromatic carbocycles. The lowest BCUT2D eigenvalue weighted by Gasteiger charge is -2.15. The number of rotatable bonds is 5. The fourth-order valence-corrected chi connectivity index (χ4v) is 9.75. The predicted molar refractivity (Wildman–Crippen MR) is 249 cm³/mol. The normalized spacial score (nSPS) is 12.0. The lowest BCUT2D eigenvalue weighted by molar-refractivity contribution is 0.954. The van der Waals surface area contributed by atoms with Gasteiger partial charge in [-0.1, -0.05) is 164 Å². The van der Waals surface area contributed by atoms with Gasteiger partial charge in [0.1, 0.15) is 0 Å². The Morgan fingerprint density at radius 3 is 1.63 bits per heavy atom. The van der Waals surface area contributed by atoms with Gasteiger partial charge in [0.05, 0.1) is 22.1 Å². The molecule has 0 N–H and O–H groups in total. The highest BCUT2D eigenvalue weighted by atomic mass is 15.2. The quantitative estimate of drug-likeness (QED) is 0.164. The summed E-state index contributed by atoms with van der Waals surface area (Å²) in [5.41, 5.74) is 9.73. The summed E-state index contributed by atoms with van der Waals surface area (Å²) in [4.78, 5) is 15.8. The minimum atomic E-state index is 0.578. The standard InChI is InChI=1S/C55H33N5/c1-4-17-34(18-5-1)53-56-54(35-19-6-2-7-20-35)58-55(57-53)60-47-33-37(40-28-16-29-44-42-26-14-15-30-46(42)59(52(40)44)38-22-8-3-9-23-38)31-45-41-25-12-13-27-43(41)49-39-24-11-10-21-36(39)32-48(60)51(49)50(45)47/h1-33H. The summed E-state index contributed by atoms with van der Waals surface area (Å²) in [6, 6.07) is 71.4. The highest BCUT2D eigenvalue weighted by molar-refractivity contribution is 6.39. The second kappa shape index (κ2) is 12.7. The molecule has 13 aromatic rings. The Kier molecular flexibility index (Phi) is 6.95. The summed E-state index contributed by atoms with van der Waals surface area (Å²) in [5.74, 6) is 1.83. The monoisotopic (exact) mass is 763 g/mol. The second-order valence-electron chi connectivity index (χ2n) is 15.6. The molecule has 0 aliphatic heterocycles. The molecule has 13 rings (SSSR count). The van der Waals surface area contributed by atoms with Crippen LogP contribution in [0.1, 0.15) is 0 Å². The van der Waals surface area contributed by atoms with Crippen molar-refractivity contribution in [2.45, 2.75) is 0 Å². The maximum absolute atomic E-state index is 5.35. The third-order valence-corrected chi connectivity index (χ3v) is 12.3. The van der Waals surface area contributed by atoms with Gasteiger partial charge in [-0.15, -0.1) is 0 Å². The van der Waals surface area contributed by atoms with Gasteiger partial charge in [-0.25, -0.2) is 4.98 Å². The molecule has 0 unspecified atom stereocenters. The molecule has 0 saturated heterocycles. The Labute approximate surface area is 344 Å². The highest BCUT2D eigenvalue weighted by Gasteiger charge is 2.26. The van der Waals surface area contributed by atoms with Crippen LogP contribution in [0.25, 0.3) is 121 Å². The fourth-order valence-electron chi connectivity index (χ4n) is 9.75. The molecule has 5 heteroatoms. The largest absolute Gasteiger partial charge is 0.309 e. The van der Waals surface area contributed by atoms with E-state index >= 15 is 0 Å². The number of nitrogens with zero attached hydrogens (tertiary/aromatic N) is 5. The summed E-state index contributed by atoms with van der Waals surface area (Å²) in [5, 5.41) is 12.1. The molecular formula is C55H33N5. The van der Waals surface area contributed by atoms with Crippen molar-refractivity contribution >= 4 is 75.9 Å². The number of fused-ring (bicyclic) bond motifs is 8. The Balaban J connectivity index is 1.22. The third kappa shape index (κ3) is 4.71. The molecule has 0 fully saturated rings. The van der Waals surface area contributed by atoms with Crippen LogP contribution in [-0.4, -0.2) is 24.1 Å². The smallest absolute Gasteiger partial charge is 0.238 e. The Morgan fingerprint density at radius 2 is 0.900 bits per heavy atom. The van der Waals surface area contributed by atoms with Gasteiger partial charge in [-0.3, -0.25) is 4.57 Å². The summed E-state index contributed by atoms with van der Waals surface area (Å²) in [6.07, 6.45) is 0. The van der Waals surface area contributed by atoms with Gasteiger partial charge in [0.15, 0.2) is 11.6 Å². The van der Waals surface area contributed by atoms with Crippen LogP contribution in [0.15, 0.2) is 200 Å². The molecule has 0 aliphatic carbocycles. The highest BCUT2D eigenvalue weighted by Crippen LogP contribution is 2.49. The number of aromatic nitrogens is 5. The average molecular weight is 764 g/mol. The van der Waals surface area contributed by atoms with E-state index in [1.165, 1.54) is 64.9 Å². The van der Waals surface area contributed by atoms with Crippen molar-refractivity contribution in [3.05, 3.63) is 200 Å². The van der Waals surface area contributed by atoms with Crippen molar-refractivity contribution in [2.75, 3.05) is 0 Å². The zero-order chi connectivity index (χ0) is 39.3. The molecule has 0 atom stereocenters. The Bertz CT molecular complexity index is 3750. The molecular weight excluding hydrogens is 731 g/mol. The molecule has 3 heterocycles. The molecule has 0 spiro atoms. The molecule has 0 saturated carbocycles.